The van der Waals surface area contributed by atoms with Crippen LogP contribution in [-0.2, 0) is 12.2 Å². The van der Waals surface area contributed by atoms with Gasteiger partial charge in [0.15, 0.2) is 5.82 Å². The first-order chi connectivity index (χ1) is 7.61. The molecule has 0 aromatic carbocycles. The van der Waals surface area contributed by atoms with Crippen LogP contribution in [0.4, 0.5) is 0 Å². The van der Waals surface area contributed by atoms with Crippen LogP contribution in [0.2, 0.25) is 0 Å². The van der Waals surface area contributed by atoms with Crippen LogP contribution in [0.5, 0.6) is 0 Å². The van der Waals surface area contributed by atoms with E-state index < -0.39 is 0 Å². The Morgan fingerprint density at radius 2 is 2.19 bits per heavy atom. The van der Waals surface area contributed by atoms with Crippen LogP contribution < -0.4 is 5.73 Å². The summed E-state index contributed by atoms with van der Waals surface area (Å²) < 4.78 is 5.15. The number of nitrogens with two attached hydrogens (primary N) is 1. The molecule has 0 aliphatic heterocycles. The monoisotopic (exact) mass is 243 g/mol. The zero-order valence-electron chi connectivity index (χ0n) is 10.3. The summed E-state index contributed by atoms with van der Waals surface area (Å²) in [6.45, 7) is 6.37. The van der Waals surface area contributed by atoms with Crippen molar-refractivity contribution >= 4 is 11.8 Å². The molecule has 16 heavy (non-hydrogen) atoms. The van der Waals surface area contributed by atoms with Crippen molar-refractivity contribution in [3.05, 3.63) is 11.7 Å². The zero-order valence-corrected chi connectivity index (χ0v) is 11.1. The molecule has 0 fully saturated rings. The Morgan fingerprint density at radius 3 is 2.81 bits per heavy atom. The number of thioether (sulfide) groups is 1. The molecule has 1 aromatic rings. The van der Waals surface area contributed by atoms with E-state index in [1.165, 1.54) is 6.42 Å². The van der Waals surface area contributed by atoms with Gasteiger partial charge in [-0.05, 0) is 19.8 Å². The van der Waals surface area contributed by atoms with E-state index in [0.717, 1.165) is 24.4 Å². The quantitative estimate of drug-likeness (QED) is 0.796. The third-order valence-corrected chi connectivity index (χ3v) is 3.72. The molecule has 1 heterocycles. The lowest BCUT2D eigenvalue weighted by atomic mass is 10.2. The molecule has 0 aliphatic rings. The highest BCUT2D eigenvalue weighted by Crippen LogP contribution is 2.18. The van der Waals surface area contributed by atoms with Gasteiger partial charge < -0.3 is 10.3 Å². The molecule has 0 radical (unpaired) electrons. The second kappa shape index (κ2) is 6.91. The molecule has 0 saturated carbocycles. The van der Waals surface area contributed by atoms with Gasteiger partial charge in [-0.25, -0.2) is 0 Å². The molecule has 0 amide bonds. The van der Waals surface area contributed by atoms with Crippen LogP contribution >= 0.6 is 11.8 Å². The Kier molecular flexibility index (Phi) is 5.84. The van der Waals surface area contributed by atoms with Crippen molar-refractivity contribution in [1.29, 1.82) is 0 Å². The van der Waals surface area contributed by atoms with Gasteiger partial charge >= 0.3 is 0 Å². The minimum absolute atomic E-state index is 0.185. The normalized spacial score (nSPS) is 15.0. The Balaban J connectivity index is 2.33. The SMILES string of the molecule is CCC(C)SCc1noc(CCC(C)N)n1. The fraction of sp³-hybridized carbons (Fsp3) is 0.818. The van der Waals surface area contributed by atoms with Crippen molar-refractivity contribution in [2.75, 3.05) is 0 Å². The number of nitrogens with zero attached hydrogens (tertiary/aromatic N) is 2. The first kappa shape index (κ1) is 13.5. The van der Waals surface area contributed by atoms with Crippen LogP contribution in [0.25, 0.3) is 0 Å². The summed E-state index contributed by atoms with van der Waals surface area (Å²) in [5, 5.41) is 4.60. The van der Waals surface area contributed by atoms with Crippen molar-refractivity contribution in [1.82, 2.24) is 10.1 Å². The lowest BCUT2D eigenvalue weighted by molar-refractivity contribution is 0.368. The van der Waals surface area contributed by atoms with E-state index in [1.54, 1.807) is 0 Å². The molecule has 0 saturated heterocycles. The van der Waals surface area contributed by atoms with Crippen molar-refractivity contribution in [3.63, 3.8) is 0 Å². The highest BCUT2D eigenvalue weighted by Gasteiger charge is 2.08. The minimum Gasteiger partial charge on any atom is -0.339 e. The predicted molar refractivity (Wildman–Crippen MR) is 67.3 cm³/mol. The van der Waals surface area contributed by atoms with E-state index in [9.17, 15) is 0 Å². The molecule has 2 N–H and O–H groups in total. The fourth-order valence-electron chi connectivity index (χ4n) is 1.14. The van der Waals surface area contributed by atoms with Gasteiger partial charge in [0.05, 0.1) is 5.75 Å². The molecule has 1 aromatic heterocycles. The van der Waals surface area contributed by atoms with Gasteiger partial charge in [-0.3, -0.25) is 0 Å². The predicted octanol–water partition coefficient (Wildman–Crippen LogP) is 2.38. The van der Waals surface area contributed by atoms with E-state index in [4.69, 9.17) is 10.3 Å². The van der Waals surface area contributed by atoms with Crippen LogP contribution in [0.1, 0.15) is 45.3 Å². The van der Waals surface area contributed by atoms with Gasteiger partial charge in [-0.15, -0.1) is 0 Å². The van der Waals surface area contributed by atoms with Gasteiger partial charge in [0.1, 0.15) is 0 Å². The number of hydrogen-bond acceptors (Lipinski definition) is 5. The van der Waals surface area contributed by atoms with Gasteiger partial charge in [-0.2, -0.15) is 16.7 Å². The smallest absolute Gasteiger partial charge is 0.226 e. The molecule has 5 heteroatoms. The number of aromatic nitrogens is 2. The molecule has 1 rings (SSSR count). The van der Waals surface area contributed by atoms with Crippen molar-refractivity contribution < 1.29 is 4.52 Å². The maximum atomic E-state index is 5.67. The molecule has 92 valence electrons. The summed E-state index contributed by atoms with van der Waals surface area (Å²) in [4.78, 5) is 4.33. The van der Waals surface area contributed by atoms with E-state index in [-0.39, 0.29) is 6.04 Å². The van der Waals surface area contributed by atoms with Crippen LogP contribution in [-0.4, -0.2) is 21.4 Å². The van der Waals surface area contributed by atoms with Gasteiger partial charge in [0.25, 0.3) is 0 Å². The van der Waals surface area contributed by atoms with E-state index in [0.29, 0.717) is 11.1 Å². The van der Waals surface area contributed by atoms with Crippen LogP contribution in [0.3, 0.4) is 0 Å². The highest BCUT2D eigenvalue weighted by molar-refractivity contribution is 7.99. The van der Waals surface area contributed by atoms with Crippen LogP contribution in [0, 0.1) is 0 Å². The standard InChI is InChI=1S/C11H21N3OS/c1-4-9(3)16-7-10-13-11(15-14-10)6-5-8(2)12/h8-9H,4-7,12H2,1-3H3. The summed E-state index contributed by atoms with van der Waals surface area (Å²) in [6, 6.07) is 0.185. The third kappa shape index (κ3) is 4.99. The molecule has 0 spiro atoms. The maximum absolute atomic E-state index is 5.67. The van der Waals surface area contributed by atoms with Gasteiger partial charge in [0, 0.05) is 17.7 Å². The van der Waals surface area contributed by atoms with E-state index in [1.807, 2.05) is 18.7 Å². The van der Waals surface area contributed by atoms with Gasteiger partial charge in [-0.1, -0.05) is 19.0 Å². The molecule has 0 bridgehead atoms. The third-order valence-electron chi connectivity index (χ3n) is 2.40. The first-order valence-electron chi connectivity index (χ1n) is 5.80. The first-order valence-corrected chi connectivity index (χ1v) is 6.85. The van der Waals surface area contributed by atoms with E-state index >= 15 is 0 Å². The summed E-state index contributed by atoms with van der Waals surface area (Å²) in [5.74, 6) is 2.33. The number of rotatable bonds is 7. The van der Waals surface area contributed by atoms with E-state index in [2.05, 4.69) is 24.0 Å². The highest BCUT2D eigenvalue weighted by atomic mass is 32.2. The van der Waals surface area contributed by atoms with Crippen molar-refractivity contribution in [3.8, 4) is 0 Å². The topological polar surface area (TPSA) is 64.9 Å². The summed E-state index contributed by atoms with van der Waals surface area (Å²) in [7, 11) is 0. The Hall–Kier alpha value is -0.550. The lowest BCUT2D eigenvalue weighted by Crippen LogP contribution is -2.15. The number of aryl methyl sites for hydroxylation is 1. The minimum atomic E-state index is 0.185. The average molecular weight is 243 g/mol. The Morgan fingerprint density at radius 1 is 1.44 bits per heavy atom. The van der Waals surface area contributed by atoms with Crippen LogP contribution in [0.15, 0.2) is 4.52 Å². The lowest BCUT2D eigenvalue weighted by Gasteiger charge is -2.04. The fourth-order valence-corrected chi connectivity index (χ4v) is 1.92. The molecular formula is C11H21N3OS. The summed E-state index contributed by atoms with van der Waals surface area (Å²) in [6.07, 6.45) is 2.83. The van der Waals surface area contributed by atoms with Crippen molar-refractivity contribution in [2.24, 2.45) is 5.73 Å². The molecule has 2 atom stereocenters. The summed E-state index contributed by atoms with van der Waals surface area (Å²) in [5.41, 5.74) is 5.67. The average Bonchev–Trinajstić information content (AvgIpc) is 2.71. The van der Waals surface area contributed by atoms with Crippen molar-refractivity contribution in [2.45, 2.75) is 57.1 Å². The largest absolute Gasteiger partial charge is 0.339 e. The summed E-state index contributed by atoms with van der Waals surface area (Å²) >= 11 is 1.86. The maximum Gasteiger partial charge on any atom is 0.226 e. The van der Waals surface area contributed by atoms with Gasteiger partial charge in [0.2, 0.25) is 5.89 Å². The second-order valence-electron chi connectivity index (χ2n) is 4.15. The Labute approximate surface area is 101 Å². The Bertz CT molecular complexity index is 301. The number of hydrogen-bond donors (Lipinski definition) is 1. The molecule has 4 nitrogen and oxygen atoms in total. The molecule has 2 unspecified atom stereocenters. The zero-order chi connectivity index (χ0) is 12.0. The second-order valence-corrected chi connectivity index (χ2v) is 5.58. The molecule has 0 aliphatic carbocycles. The molecular weight excluding hydrogens is 222 g/mol.